The number of hydrogen-bond donors (Lipinski definition) is 1. The van der Waals surface area contributed by atoms with E-state index in [0.29, 0.717) is 5.56 Å². The number of benzene rings is 2. The average molecular weight is 234 g/mol. The fraction of sp³-hybridized carbons (Fsp3) is 0.143. The maximum absolute atomic E-state index is 13.6. The minimum absolute atomic E-state index is 0.287. The van der Waals surface area contributed by atoms with Gasteiger partial charge < -0.3 is 5.11 Å². The van der Waals surface area contributed by atoms with Gasteiger partial charge in [0, 0.05) is 0 Å². The van der Waals surface area contributed by atoms with Crippen LogP contribution in [0.15, 0.2) is 42.5 Å². The van der Waals surface area contributed by atoms with Gasteiger partial charge >= 0.3 is 0 Å². The second-order valence-corrected chi connectivity index (χ2v) is 3.90. The summed E-state index contributed by atoms with van der Waals surface area (Å²) in [6.45, 7) is 1.34. The number of aliphatic hydroxyl groups is 1. The van der Waals surface area contributed by atoms with Gasteiger partial charge in [0.2, 0.25) is 0 Å². The van der Waals surface area contributed by atoms with E-state index in [1.165, 1.54) is 19.1 Å². The molecule has 0 aliphatic heterocycles. The molecule has 2 aromatic rings. The molecule has 3 heteroatoms. The Morgan fingerprint density at radius 1 is 0.941 bits per heavy atom. The Morgan fingerprint density at radius 3 is 1.94 bits per heavy atom. The third-order valence-electron chi connectivity index (χ3n) is 2.60. The van der Waals surface area contributed by atoms with E-state index >= 15 is 0 Å². The average Bonchev–Trinajstić information content (AvgIpc) is 2.28. The molecule has 88 valence electrons. The maximum Gasteiger partial charge on any atom is 0.132 e. The molecule has 1 unspecified atom stereocenters. The van der Waals surface area contributed by atoms with Gasteiger partial charge in [0.25, 0.3) is 0 Å². The van der Waals surface area contributed by atoms with Gasteiger partial charge in [-0.05, 0) is 30.2 Å². The zero-order valence-electron chi connectivity index (χ0n) is 9.32. The van der Waals surface area contributed by atoms with Crippen molar-refractivity contribution in [2.75, 3.05) is 0 Å². The molecule has 0 aliphatic rings. The lowest BCUT2D eigenvalue weighted by Crippen LogP contribution is -2.01. The molecule has 0 saturated carbocycles. The van der Waals surface area contributed by atoms with E-state index in [-0.39, 0.29) is 5.56 Å². The van der Waals surface area contributed by atoms with Crippen LogP contribution in [0.25, 0.3) is 11.1 Å². The Labute approximate surface area is 98.3 Å². The smallest absolute Gasteiger partial charge is 0.132 e. The predicted octanol–water partition coefficient (Wildman–Crippen LogP) is 3.69. The van der Waals surface area contributed by atoms with Crippen molar-refractivity contribution in [1.29, 1.82) is 0 Å². The number of rotatable bonds is 2. The Kier molecular flexibility index (Phi) is 3.20. The van der Waals surface area contributed by atoms with Crippen LogP contribution in [0, 0.1) is 11.6 Å². The van der Waals surface area contributed by atoms with Crippen LogP contribution in [0.5, 0.6) is 0 Å². The van der Waals surface area contributed by atoms with E-state index in [2.05, 4.69) is 0 Å². The third kappa shape index (κ3) is 2.34. The number of halogens is 2. The molecule has 0 aliphatic carbocycles. The summed E-state index contributed by atoms with van der Waals surface area (Å²) in [6, 6.07) is 11.5. The van der Waals surface area contributed by atoms with Gasteiger partial charge in [-0.1, -0.05) is 30.3 Å². The quantitative estimate of drug-likeness (QED) is 0.840. The molecule has 0 aromatic heterocycles. The van der Waals surface area contributed by atoms with E-state index < -0.39 is 17.7 Å². The highest BCUT2D eigenvalue weighted by Crippen LogP contribution is 2.27. The highest BCUT2D eigenvalue weighted by molar-refractivity contribution is 5.64. The zero-order chi connectivity index (χ0) is 12.4. The van der Waals surface area contributed by atoms with Gasteiger partial charge in [0.1, 0.15) is 11.6 Å². The summed E-state index contributed by atoms with van der Waals surface area (Å²) in [5, 5.41) is 9.27. The van der Waals surface area contributed by atoms with Crippen molar-refractivity contribution in [1.82, 2.24) is 0 Å². The van der Waals surface area contributed by atoms with E-state index in [4.69, 9.17) is 0 Å². The molecule has 0 radical (unpaired) electrons. The molecule has 0 fully saturated rings. The lowest BCUT2D eigenvalue weighted by atomic mass is 10.0. The van der Waals surface area contributed by atoms with Crippen LogP contribution in [0.3, 0.4) is 0 Å². The Bertz CT molecular complexity index is 498. The lowest BCUT2D eigenvalue weighted by Gasteiger charge is -2.10. The first-order chi connectivity index (χ1) is 8.09. The largest absolute Gasteiger partial charge is 0.388 e. The molecule has 2 rings (SSSR count). The molecule has 0 amide bonds. The van der Waals surface area contributed by atoms with Crippen LogP contribution in [0.1, 0.15) is 18.6 Å². The first-order valence-electron chi connectivity index (χ1n) is 5.32. The first kappa shape index (κ1) is 11.7. The fourth-order valence-electron chi connectivity index (χ4n) is 1.78. The maximum atomic E-state index is 13.6. The summed E-state index contributed by atoms with van der Waals surface area (Å²) < 4.78 is 27.3. The molecule has 0 bridgehead atoms. The standard InChI is InChI=1S/C14H12F2O/c1-9(17)14-12(15)7-11(8-13(14)16)10-5-3-2-4-6-10/h2-9,17H,1H3. The molecular formula is C14H12F2O. The Hall–Kier alpha value is -1.74. The second kappa shape index (κ2) is 4.63. The van der Waals surface area contributed by atoms with Gasteiger partial charge in [-0.25, -0.2) is 8.78 Å². The van der Waals surface area contributed by atoms with Crippen LogP contribution in [-0.4, -0.2) is 5.11 Å². The highest BCUT2D eigenvalue weighted by Gasteiger charge is 2.15. The molecule has 1 N–H and O–H groups in total. The highest BCUT2D eigenvalue weighted by atomic mass is 19.1. The molecule has 0 heterocycles. The van der Waals surface area contributed by atoms with E-state index in [1.807, 2.05) is 6.07 Å². The minimum atomic E-state index is -1.15. The topological polar surface area (TPSA) is 20.2 Å². The van der Waals surface area contributed by atoms with Crippen LogP contribution in [0.4, 0.5) is 8.78 Å². The summed E-state index contributed by atoms with van der Waals surface area (Å²) in [5.74, 6) is -1.45. The molecule has 2 aromatic carbocycles. The predicted molar refractivity (Wildman–Crippen MR) is 62.4 cm³/mol. The Morgan fingerprint density at radius 2 is 1.47 bits per heavy atom. The Balaban J connectivity index is 2.53. The van der Waals surface area contributed by atoms with Crippen molar-refractivity contribution < 1.29 is 13.9 Å². The van der Waals surface area contributed by atoms with Gasteiger partial charge in [-0.3, -0.25) is 0 Å². The molecule has 17 heavy (non-hydrogen) atoms. The van der Waals surface area contributed by atoms with Crippen molar-refractivity contribution in [3.8, 4) is 11.1 Å². The molecule has 1 atom stereocenters. The van der Waals surface area contributed by atoms with Crippen LogP contribution < -0.4 is 0 Å². The summed E-state index contributed by atoms with van der Waals surface area (Å²) in [7, 11) is 0. The number of aliphatic hydroxyl groups excluding tert-OH is 1. The van der Waals surface area contributed by atoms with Crippen LogP contribution in [0.2, 0.25) is 0 Å². The van der Waals surface area contributed by atoms with Crippen molar-refractivity contribution in [2.24, 2.45) is 0 Å². The van der Waals surface area contributed by atoms with Crippen LogP contribution >= 0.6 is 0 Å². The molecule has 1 nitrogen and oxygen atoms in total. The van der Waals surface area contributed by atoms with Crippen molar-refractivity contribution >= 4 is 0 Å². The van der Waals surface area contributed by atoms with Gasteiger partial charge in [-0.2, -0.15) is 0 Å². The monoisotopic (exact) mass is 234 g/mol. The van der Waals surface area contributed by atoms with Crippen molar-refractivity contribution in [3.63, 3.8) is 0 Å². The third-order valence-corrected chi connectivity index (χ3v) is 2.60. The fourth-order valence-corrected chi connectivity index (χ4v) is 1.78. The summed E-state index contributed by atoms with van der Waals surface area (Å²) in [6.07, 6.45) is -1.15. The zero-order valence-corrected chi connectivity index (χ0v) is 9.32. The molecular weight excluding hydrogens is 222 g/mol. The number of hydrogen-bond acceptors (Lipinski definition) is 1. The molecule has 0 saturated heterocycles. The second-order valence-electron chi connectivity index (χ2n) is 3.90. The van der Waals surface area contributed by atoms with Gasteiger partial charge in [0.15, 0.2) is 0 Å². The first-order valence-corrected chi connectivity index (χ1v) is 5.32. The SMILES string of the molecule is CC(O)c1c(F)cc(-c2ccccc2)cc1F. The lowest BCUT2D eigenvalue weighted by molar-refractivity contribution is 0.188. The summed E-state index contributed by atoms with van der Waals surface area (Å²) >= 11 is 0. The van der Waals surface area contributed by atoms with E-state index in [1.54, 1.807) is 24.3 Å². The minimum Gasteiger partial charge on any atom is -0.388 e. The summed E-state index contributed by atoms with van der Waals surface area (Å²) in [4.78, 5) is 0. The van der Waals surface area contributed by atoms with Gasteiger partial charge in [-0.15, -0.1) is 0 Å². The summed E-state index contributed by atoms with van der Waals surface area (Å²) in [5.41, 5.74) is 0.914. The van der Waals surface area contributed by atoms with Gasteiger partial charge in [0.05, 0.1) is 11.7 Å². The van der Waals surface area contributed by atoms with Crippen molar-refractivity contribution in [3.05, 3.63) is 59.7 Å². The van der Waals surface area contributed by atoms with Crippen LogP contribution in [-0.2, 0) is 0 Å². The normalized spacial score (nSPS) is 12.5. The van der Waals surface area contributed by atoms with E-state index in [9.17, 15) is 13.9 Å². The van der Waals surface area contributed by atoms with Crippen molar-refractivity contribution in [2.45, 2.75) is 13.0 Å². The van der Waals surface area contributed by atoms with E-state index in [0.717, 1.165) is 5.56 Å². The molecule has 0 spiro atoms.